The maximum absolute atomic E-state index is 12.7. The number of rotatable bonds is 9. The highest BCUT2D eigenvalue weighted by Crippen LogP contribution is 2.40. The molecule has 8 heteroatoms. The summed E-state index contributed by atoms with van der Waals surface area (Å²) >= 11 is 0. The molecule has 2 amide bonds. The van der Waals surface area contributed by atoms with E-state index in [1.807, 2.05) is 0 Å². The Morgan fingerprint density at radius 2 is 1.79 bits per heavy atom. The second-order valence-corrected chi connectivity index (χ2v) is 6.54. The average molecular weight is 392 g/mol. The molecular formula is C20H28N2O6. The first kappa shape index (κ1) is 21.4. The number of benzene rings is 1. The Labute approximate surface area is 164 Å². The SMILES string of the molecule is CCCCCCOC(=O)C1=C(C)NC(=O)NC1c1cc(OC)c(O)c(OC)c1. The van der Waals surface area contributed by atoms with Gasteiger partial charge in [0.25, 0.3) is 0 Å². The van der Waals surface area contributed by atoms with Gasteiger partial charge in [-0.15, -0.1) is 0 Å². The number of carbonyl (C=O) groups excluding carboxylic acids is 2. The Kier molecular flexibility index (Phi) is 7.54. The van der Waals surface area contributed by atoms with E-state index in [0.717, 1.165) is 25.7 Å². The Morgan fingerprint density at radius 1 is 1.14 bits per heavy atom. The van der Waals surface area contributed by atoms with Crippen molar-refractivity contribution in [2.24, 2.45) is 0 Å². The molecule has 1 aliphatic rings. The van der Waals surface area contributed by atoms with Gasteiger partial charge in [-0.1, -0.05) is 26.2 Å². The molecule has 28 heavy (non-hydrogen) atoms. The fraction of sp³-hybridized carbons (Fsp3) is 0.500. The maximum atomic E-state index is 12.7. The molecule has 0 spiro atoms. The molecule has 1 aromatic rings. The fourth-order valence-electron chi connectivity index (χ4n) is 3.07. The van der Waals surface area contributed by atoms with Crippen LogP contribution in [0, 0.1) is 0 Å². The van der Waals surface area contributed by atoms with E-state index in [2.05, 4.69) is 17.6 Å². The minimum Gasteiger partial charge on any atom is -0.502 e. The highest BCUT2D eigenvalue weighted by molar-refractivity contribution is 5.95. The van der Waals surface area contributed by atoms with Crippen LogP contribution in [0.15, 0.2) is 23.4 Å². The Hall–Kier alpha value is -2.90. The topological polar surface area (TPSA) is 106 Å². The molecule has 154 valence electrons. The van der Waals surface area contributed by atoms with Crippen LogP contribution in [-0.2, 0) is 9.53 Å². The molecule has 0 saturated heterocycles. The van der Waals surface area contributed by atoms with E-state index in [4.69, 9.17) is 14.2 Å². The summed E-state index contributed by atoms with van der Waals surface area (Å²) < 4.78 is 15.8. The number of carbonyl (C=O) groups is 2. The van der Waals surface area contributed by atoms with Crippen LogP contribution in [-0.4, -0.2) is 37.9 Å². The van der Waals surface area contributed by atoms with Crippen LogP contribution in [0.3, 0.4) is 0 Å². The van der Waals surface area contributed by atoms with Gasteiger partial charge in [0.05, 0.1) is 32.4 Å². The summed E-state index contributed by atoms with van der Waals surface area (Å²) in [6, 6.07) is 1.90. The van der Waals surface area contributed by atoms with Crippen LogP contribution < -0.4 is 20.1 Å². The number of methoxy groups -OCH3 is 2. The van der Waals surface area contributed by atoms with Crippen molar-refractivity contribution < 1.29 is 28.9 Å². The number of ether oxygens (including phenoxy) is 3. The van der Waals surface area contributed by atoms with E-state index in [1.54, 1.807) is 19.1 Å². The molecule has 1 aliphatic heterocycles. The highest BCUT2D eigenvalue weighted by atomic mass is 16.5. The lowest BCUT2D eigenvalue weighted by Gasteiger charge is -2.28. The van der Waals surface area contributed by atoms with Gasteiger partial charge < -0.3 is 30.0 Å². The first-order chi connectivity index (χ1) is 13.4. The minimum absolute atomic E-state index is 0.158. The van der Waals surface area contributed by atoms with Crippen molar-refractivity contribution in [3.8, 4) is 17.2 Å². The zero-order chi connectivity index (χ0) is 20.7. The molecule has 0 saturated carbocycles. The number of hydrogen-bond acceptors (Lipinski definition) is 6. The summed E-state index contributed by atoms with van der Waals surface area (Å²) in [5.74, 6) is -0.314. The van der Waals surface area contributed by atoms with Gasteiger partial charge in [-0.2, -0.15) is 0 Å². The van der Waals surface area contributed by atoms with E-state index < -0.39 is 18.0 Å². The number of nitrogens with one attached hydrogen (secondary N) is 2. The van der Waals surface area contributed by atoms with E-state index in [-0.39, 0.29) is 17.2 Å². The molecule has 0 radical (unpaired) electrons. The molecule has 0 fully saturated rings. The standard InChI is InChI=1S/C20H28N2O6/c1-5-6-7-8-9-28-19(24)16-12(2)21-20(25)22-17(16)13-10-14(26-3)18(23)15(11-13)27-4/h10-11,17,23H,5-9H2,1-4H3,(H2,21,22,25). The average Bonchev–Trinajstić information content (AvgIpc) is 2.67. The number of allylic oxidation sites excluding steroid dienone is 1. The minimum atomic E-state index is -0.764. The van der Waals surface area contributed by atoms with Crippen molar-refractivity contribution in [1.82, 2.24) is 10.6 Å². The third-order valence-electron chi connectivity index (χ3n) is 4.56. The largest absolute Gasteiger partial charge is 0.502 e. The number of amides is 2. The molecule has 1 aromatic carbocycles. The molecule has 0 bridgehead atoms. The fourth-order valence-corrected chi connectivity index (χ4v) is 3.07. The van der Waals surface area contributed by atoms with Crippen LogP contribution in [0.1, 0.15) is 51.1 Å². The second-order valence-electron chi connectivity index (χ2n) is 6.54. The molecule has 0 aliphatic carbocycles. The van der Waals surface area contributed by atoms with E-state index in [0.29, 0.717) is 23.4 Å². The van der Waals surface area contributed by atoms with Gasteiger partial charge in [-0.05, 0) is 31.0 Å². The zero-order valence-electron chi connectivity index (χ0n) is 16.8. The molecule has 3 N–H and O–H groups in total. The van der Waals surface area contributed by atoms with Gasteiger partial charge in [-0.3, -0.25) is 0 Å². The predicted octanol–water partition coefficient (Wildman–Crippen LogP) is 3.16. The Balaban J connectivity index is 2.31. The number of phenolic OH excluding ortho intramolecular Hbond substituents is 1. The van der Waals surface area contributed by atoms with Gasteiger partial charge >= 0.3 is 12.0 Å². The van der Waals surface area contributed by atoms with E-state index >= 15 is 0 Å². The lowest BCUT2D eigenvalue weighted by Crippen LogP contribution is -2.45. The van der Waals surface area contributed by atoms with Gasteiger partial charge in [0.15, 0.2) is 11.5 Å². The van der Waals surface area contributed by atoms with E-state index in [1.165, 1.54) is 14.2 Å². The molecule has 1 unspecified atom stereocenters. The summed E-state index contributed by atoms with van der Waals surface area (Å²) in [4.78, 5) is 24.7. The number of esters is 1. The smallest absolute Gasteiger partial charge is 0.338 e. The van der Waals surface area contributed by atoms with Crippen molar-refractivity contribution in [2.45, 2.75) is 45.6 Å². The molecule has 8 nitrogen and oxygen atoms in total. The third-order valence-corrected chi connectivity index (χ3v) is 4.56. The maximum Gasteiger partial charge on any atom is 0.338 e. The zero-order valence-corrected chi connectivity index (χ0v) is 16.8. The summed E-state index contributed by atoms with van der Waals surface area (Å²) in [5, 5.41) is 15.5. The van der Waals surface area contributed by atoms with Crippen molar-refractivity contribution >= 4 is 12.0 Å². The van der Waals surface area contributed by atoms with Crippen molar-refractivity contribution in [2.75, 3.05) is 20.8 Å². The summed E-state index contributed by atoms with van der Waals surface area (Å²) in [5.41, 5.74) is 1.24. The highest BCUT2D eigenvalue weighted by Gasteiger charge is 2.33. The third kappa shape index (κ3) is 4.88. The summed E-state index contributed by atoms with van der Waals surface area (Å²) in [6.45, 7) is 4.08. The number of phenols is 1. The quantitative estimate of drug-likeness (QED) is 0.440. The first-order valence-corrected chi connectivity index (χ1v) is 9.33. The van der Waals surface area contributed by atoms with Crippen LogP contribution in [0.2, 0.25) is 0 Å². The molecule has 0 aromatic heterocycles. The molecule has 2 rings (SSSR count). The van der Waals surface area contributed by atoms with Gasteiger partial charge in [0.2, 0.25) is 5.75 Å². The second kappa shape index (κ2) is 9.87. The van der Waals surface area contributed by atoms with Crippen molar-refractivity contribution in [3.05, 3.63) is 29.0 Å². The van der Waals surface area contributed by atoms with Crippen molar-refractivity contribution in [1.29, 1.82) is 0 Å². The van der Waals surface area contributed by atoms with E-state index in [9.17, 15) is 14.7 Å². The van der Waals surface area contributed by atoms with Crippen LogP contribution in [0.25, 0.3) is 0 Å². The Morgan fingerprint density at radius 3 is 2.36 bits per heavy atom. The van der Waals surface area contributed by atoms with Crippen LogP contribution in [0.5, 0.6) is 17.2 Å². The first-order valence-electron chi connectivity index (χ1n) is 9.33. The Bertz CT molecular complexity index is 734. The lowest BCUT2D eigenvalue weighted by molar-refractivity contribution is -0.139. The normalized spacial score (nSPS) is 16.3. The number of hydrogen-bond donors (Lipinski definition) is 3. The number of urea groups is 1. The van der Waals surface area contributed by atoms with Crippen LogP contribution >= 0.6 is 0 Å². The van der Waals surface area contributed by atoms with Crippen molar-refractivity contribution in [3.63, 3.8) is 0 Å². The monoisotopic (exact) mass is 392 g/mol. The van der Waals surface area contributed by atoms with Crippen LogP contribution in [0.4, 0.5) is 4.79 Å². The lowest BCUT2D eigenvalue weighted by atomic mass is 9.95. The number of aromatic hydroxyl groups is 1. The van der Waals surface area contributed by atoms with Gasteiger partial charge in [-0.25, -0.2) is 9.59 Å². The molecule has 1 heterocycles. The predicted molar refractivity (Wildman–Crippen MR) is 103 cm³/mol. The molecular weight excluding hydrogens is 364 g/mol. The van der Waals surface area contributed by atoms with Gasteiger partial charge in [0, 0.05) is 5.70 Å². The van der Waals surface area contributed by atoms with Gasteiger partial charge in [0.1, 0.15) is 0 Å². The summed E-state index contributed by atoms with van der Waals surface area (Å²) in [6.07, 6.45) is 3.97. The molecule has 1 atom stereocenters. The number of unbranched alkanes of at least 4 members (excludes halogenated alkanes) is 3. The summed E-state index contributed by atoms with van der Waals surface area (Å²) in [7, 11) is 2.82.